The summed E-state index contributed by atoms with van der Waals surface area (Å²) in [4.78, 5) is 2.48. The van der Waals surface area contributed by atoms with Crippen LogP contribution >= 0.6 is 0 Å². The summed E-state index contributed by atoms with van der Waals surface area (Å²) in [5.41, 5.74) is 1.23. The first-order valence-electron chi connectivity index (χ1n) is 8.71. The van der Waals surface area contributed by atoms with Crippen molar-refractivity contribution in [1.82, 2.24) is 4.90 Å². The molecular weight excluding hydrogens is 274 g/mol. The van der Waals surface area contributed by atoms with Crippen molar-refractivity contribution in [2.45, 2.75) is 46.1 Å². The van der Waals surface area contributed by atoms with Gasteiger partial charge in [-0.3, -0.25) is 0 Å². The molecule has 1 aliphatic heterocycles. The maximum atomic E-state index is 10.4. The summed E-state index contributed by atoms with van der Waals surface area (Å²) in [6, 6.07) is 8.29. The minimum atomic E-state index is -0.189. The number of piperidine rings is 1. The molecule has 1 aromatic carbocycles. The van der Waals surface area contributed by atoms with E-state index in [0.717, 1.165) is 44.8 Å². The van der Waals surface area contributed by atoms with E-state index in [0.29, 0.717) is 11.8 Å². The lowest BCUT2D eigenvalue weighted by atomic mass is 9.88. The molecular formula is C19H31NO2. The van der Waals surface area contributed by atoms with E-state index in [2.05, 4.69) is 43.9 Å². The van der Waals surface area contributed by atoms with E-state index in [1.54, 1.807) is 0 Å². The second-order valence-electron chi connectivity index (χ2n) is 6.93. The smallest absolute Gasteiger partial charge is 0.122 e. The molecule has 22 heavy (non-hydrogen) atoms. The highest BCUT2D eigenvalue weighted by Gasteiger charge is 2.28. The summed E-state index contributed by atoms with van der Waals surface area (Å²) in [6.45, 7) is 10.4. The van der Waals surface area contributed by atoms with E-state index in [4.69, 9.17) is 4.74 Å². The molecule has 0 saturated carbocycles. The molecule has 2 unspecified atom stereocenters. The van der Waals surface area contributed by atoms with E-state index in [1.807, 2.05) is 6.07 Å². The normalized spacial score (nSPS) is 23.0. The van der Waals surface area contributed by atoms with Gasteiger partial charge in [-0.25, -0.2) is 0 Å². The molecule has 0 radical (unpaired) electrons. The summed E-state index contributed by atoms with van der Waals surface area (Å²) < 4.78 is 5.95. The number of para-hydroxylation sites is 1. The molecule has 1 heterocycles. The van der Waals surface area contributed by atoms with E-state index in [9.17, 15) is 5.11 Å². The van der Waals surface area contributed by atoms with Gasteiger partial charge in [0, 0.05) is 19.0 Å². The summed E-state index contributed by atoms with van der Waals surface area (Å²) in [5.74, 6) is 1.81. The molecule has 0 aliphatic carbocycles. The molecule has 1 saturated heterocycles. The SMILES string of the molecule is CCCN1CCC(O)C(Cc2ccccc2OCC(C)C)C1. The third kappa shape index (κ3) is 4.99. The van der Waals surface area contributed by atoms with Crippen LogP contribution in [0, 0.1) is 11.8 Å². The highest BCUT2D eigenvalue weighted by molar-refractivity contribution is 5.33. The molecule has 2 rings (SSSR count). The number of hydrogen-bond acceptors (Lipinski definition) is 3. The van der Waals surface area contributed by atoms with E-state index < -0.39 is 0 Å². The number of benzene rings is 1. The molecule has 1 N–H and O–H groups in total. The summed E-state index contributed by atoms with van der Waals surface area (Å²) in [6.07, 6.45) is 2.78. The van der Waals surface area contributed by atoms with Crippen molar-refractivity contribution in [2.75, 3.05) is 26.2 Å². The molecule has 1 fully saturated rings. The average molecular weight is 305 g/mol. The van der Waals surface area contributed by atoms with Crippen molar-refractivity contribution in [2.24, 2.45) is 11.8 Å². The van der Waals surface area contributed by atoms with E-state index in [1.165, 1.54) is 12.0 Å². The lowest BCUT2D eigenvalue weighted by molar-refractivity contribution is 0.0267. The molecule has 124 valence electrons. The summed E-state index contributed by atoms with van der Waals surface area (Å²) in [7, 11) is 0. The van der Waals surface area contributed by atoms with Gasteiger partial charge < -0.3 is 14.7 Å². The lowest BCUT2D eigenvalue weighted by Gasteiger charge is -2.36. The zero-order valence-corrected chi connectivity index (χ0v) is 14.3. The van der Waals surface area contributed by atoms with Crippen LogP contribution in [0.25, 0.3) is 0 Å². The lowest BCUT2D eigenvalue weighted by Crippen LogP contribution is -2.44. The maximum Gasteiger partial charge on any atom is 0.122 e. The van der Waals surface area contributed by atoms with Gasteiger partial charge >= 0.3 is 0 Å². The van der Waals surface area contributed by atoms with Crippen LogP contribution in [0.4, 0.5) is 0 Å². The Hall–Kier alpha value is -1.06. The molecule has 3 heteroatoms. The van der Waals surface area contributed by atoms with Crippen LogP contribution in [-0.2, 0) is 6.42 Å². The van der Waals surface area contributed by atoms with Gasteiger partial charge in [-0.05, 0) is 43.4 Å². The largest absolute Gasteiger partial charge is 0.493 e. The number of likely N-dealkylation sites (tertiary alicyclic amines) is 1. The topological polar surface area (TPSA) is 32.7 Å². The molecule has 0 bridgehead atoms. The van der Waals surface area contributed by atoms with Gasteiger partial charge in [0.05, 0.1) is 12.7 Å². The van der Waals surface area contributed by atoms with Crippen LogP contribution in [-0.4, -0.2) is 42.4 Å². The summed E-state index contributed by atoms with van der Waals surface area (Å²) in [5, 5.41) is 10.4. The Morgan fingerprint density at radius 3 is 2.82 bits per heavy atom. The molecule has 0 aromatic heterocycles. The van der Waals surface area contributed by atoms with Crippen molar-refractivity contribution in [3.8, 4) is 5.75 Å². The molecule has 2 atom stereocenters. The molecule has 0 amide bonds. The number of aliphatic hydroxyl groups is 1. The zero-order chi connectivity index (χ0) is 15.9. The average Bonchev–Trinajstić information content (AvgIpc) is 2.50. The first kappa shape index (κ1) is 17.3. The van der Waals surface area contributed by atoms with Crippen molar-refractivity contribution in [3.05, 3.63) is 29.8 Å². The number of aliphatic hydroxyl groups excluding tert-OH is 1. The first-order chi connectivity index (χ1) is 10.6. The Kier molecular flexibility index (Phi) is 6.71. The van der Waals surface area contributed by atoms with Crippen LogP contribution in [0.1, 0.15) is 39.2 Å². The first-order valence-corrected chi connectivity index (χ1v) is 8.71. The van der Waals surface area contributed by atoms with Crippen LogP contribution in [0.5, 0.6) is 5.75 Å². The minimum Gasteiger partial charge on any atom is -0.493 e. The quantitative estimate of drug-likeness (QED) is 0.838. The van der Waals surface area contributed by atoms with Gasteiger partial charge in [-0.2, -0.15) is 0 Å². The Morgan fingerprint density at radius 1 is 1.32 bits per heavy atom. The number of ether oxygens (including phenoxy) is 1. The van der Waals surface area contributed by atoms with E-state index >= 15 is 0 Å². The van der Waals surface area contributed by atoms with Gasteiger partial charge in [0.15, 0.2) is 0 Å². The van der Waals surface area contributed by atoms with Gasteiger partial charge in [-0.15, -0.1) is 0 Å². The fourth-order valence-corrected chi connectivity index (χ4v) is 3.17. The molecule has 1 aromatic rings. The molecule has 0 spiro atoms. The van der Waals surface area contributed by atoms with Gasteiger partial charge in [-0.1, -0.05) is 39.0 Å². The van der Waals surface area contributed by atoms with Gasteiger partial charge in [0.1, 0.15) is 5.75 Å². The Morgan fingerprint density at radius 2 is 2.09 bits per heavy atom. The van der Waals surface area contributed by atoms with Crippen molar-refractivity contribution < 1.29 is 9.84 Å². The van der Waals surface area contributed by atoms with Crippen molar-refractivity contribution in [3.63, 3.8) is 0 Å². The van der Waals surface area contributed by atoms with Crippen LogP contribution in [0.2, 0.25) is 0 Å². The summed E-state index contributed by atoms with van der Waals surface area (Å²) >= 11 is 0. The maximum absolute atomic E-state index is 10.4. The van der Waals surface area contributed by atoms with Crippen molar-refractivity contribution >= 4 is 0 Å². The second kappa shape index (κ2) is 8.54. The number of nitrogens with zero attached hydrogens (tertiary/aromatic N) is 1. The minimum absolute atomic E-state index is 0.189. The Labute approximate surface area is 135 Å². The Bertz CT molecular complexity index is 447. The zero-order valence-electron chi connectivity index (χ0n) is 14.3. The van der Waals surface area contributed by atoms with Crippen LogP contribution in [0.15, 0.2) is 24.3 Å². The van der Waals surface area contributed by atoms with Crippen molar-refractivity contribution in [1.29, 1.82) is 0 Å². The van der Waals surface area contributed by atoms with Crippen LogP contribution in [0.3, 0.4) is 0 Å². The van der Waals surface area contributed by atoms with Gasteiger partial charge in [0.25, 0.3) is 0 Å². The predicted octanol–water partition coefficient (Wildman–Crippen LogP) is 3.36. The fraction of sp³-hybridized carbons (Fsp3) is 0.684. The third-order valence-corrected chi connectivity index (χ3v) is 4.34. The number of hydrogen-bond donors (Lipinski definition) is 1. The van der Waals surface area contributed by atoms with Gasteiger partial charge in [0.2, 0.25) is 0 Å². The highest BCUT2D eigenvalue weighted by Crippen LogP contribution is 2.27. The van der Waals surface area contributed by atoms with Crippen LogP contribution < -0.4 is 4.74 Å². The molecule has 3 nitrogen and oxygen atoms in total. The van der Waals surface area contributed by atoms with E-state index in [-0.39, 0.29) is 6.10 Å². The second-order valence-corrected chi connectivity index (χ2v) is 6.93. The highest BCUT2D eigenvalue weighted by atomic mass is 16.5. The fourth-order valence-electron chi connectivity index (χ4n) is 3.17. The molecule has 1 aliphatic rings. The number of rotatable bonds is 7. The monoisotopic (exact) mass is 305 g/mol. The standard InChI is InChI=1S/C19H31NO2/c1-4-10-20-11-9-18(21)17(13-20)12-16-7-5-6-8-19(16)22-14-15(2)3/h5-8,15,17-18,21H,4,9-14H2,1-3H3. The Balaban J connectivity index is 2.02. The predicted molar refractivity (Wildman–Crippen MR) is 91.3 cm³/mol. The third-order valence-electron chi connectivity index (χ3n) is 4.34.